The molecule has 0 aromatic carbocycles. The third kappa shape index (κ3) is 15.1. The summed E-state index contributed by atoms with van der Waals surface area (Å²) in [5.74, 6) is -1.04. The molecule has 0 unspecified atom stereocenters. The average Bonchev–Trinajstić information content (AvgIpc) is 2.02. The van der Waals surface area contributed by atoms with Gasteiger partial charge in [0.25, 0.3) is 0 Å². The summed E-state index contributed by atoms with van der Waals surface area (Å²) < 4.78 is 0. The minimum atomic E-state index is -1.04. The van der Waals surface area contributed by atoms with E-state index in [0.717, 1.165) is 6.54 Å². The molecule has 0 radical (unpaired) electrons. The fraction of sp³-hybridized carbons (Fsp3) is 0.857. The predicted molar refractivity (Wildman–Crippen MR) is 42.4 cm³/mol. The second-order valence-corrected chi connectivity index (χ2v) is 2.35. The van der Waals surface area contributed by atoms with Crippen molar-refractivity contribution in [3.63, 3.8) is 0 Å². The number of carboxylic acid groups (broad SMARTS) is 1. The number of hydrogen-bond donors (Lipinski definition) is 3. The van der Waals surface area contributed by atoms with Crippen LogP contribution in [0.2, 0.25) is 0 Å². The summed E-state index contributed by atoms with van der Waals surface area (Å²) in [6.07, 6.45) is 0.0417. The molecule has 0 heterocycles. The second kappa shape index (κ2) is 12.3. The van der Waals surface area contributed by atoms with Gasteiger partial charge in [-0.1, -0.05) is 0 Å². The second-order valence-electron chi connectivity index (χ2n) is 2.35. The van der Waals surface area contributed by atoms with Crippen molar-refractivity contribution >= 4 is 5.97 Å². The Morgan fingerprint density at radius 1 is 1.15 bits per heavy atom. The number of aliphatic hydroxyl groups is 1. The van der Waals surface area contributed by atoms with E-state index in [4.69, 9.17) is 5.11 Å². The van der Waals surface area contributed by atoms with Crippen LogP contribution in [0.5, 0.6) is 0 Å². The summed E-state index contributed by atoms with van der Waals surface area (Å²) in [4.78, 5) is 9.93. The number of rotatable bonds is 8. The number of aliphatic hydroxyl groups excluding tert-OH is 1. The van der Waals surface area contributed by atoms with E-state index in [2.05, 4.69) is 10.6 Å². The summed E-state index contributed by atoms with van der Waals surface area (Å²) in [6.45, 7) is 2.56. The van der Waals surface area contributed by atoms with Gasteiger partial charge in [0.05, 0.1) is 6.61 Å². The van der Waals surface area contributed by atoms with E-state index in [1.54, 1.807) is 0 Å². The van der Waals surface area contributed by atoms with Crippen molar-refractivity contribution in [3.05, 3.63) is 0 Å². The molecule has 0 atom stereocenters. The maximum absolute atomic E-state index is 9.93. The Balaban J connectivity index is 0. The normalized spacial score (nSPS) is 9.31. The molecule has 0 amide bonds. The molecule has 0 saturated carbocycles. The van der Waals surface area contributed by atoms with Crippen LogP contribution in [0.4, 0.5) is 0 Å². The minimum Gasteiger partial charge on any atom is -0.550 e. The molecule has 13 heavy (non-hydrogen) atoms. The smallest absolute Gasteiger partial charge is 0.550 e. The molecule has 72 valence electrons. The third-order valence-electron chi connectivity index (χ3n) is 1.27. The zero-order valence-corrected chi connectivity index (χ0v) is 10.0. The first-order valence-electron chi connectivity index (χ1n) is 3.99. The van der Waals surface area contributed by atoms with Crippen LogP contribution in [0, 0.1) is 0 Å². The van der Waals surface area contributed by atoms with Gasteiger partial charge in [-0.05, 0) is 6.42 Å². The Hall–Kier alpha value is 0.350. The Morgan fingerprint density at radius 3 is 2.15 bits per heavy atom. The topological polar surface area (TPSA) is 84.4 Å². The van der Waals surface area contributed by atoms with Gasteiger partial charge in [0.2, 0.25) is 0 Å². The summed E-state index contributed by atoms with van der Waals surface area (Å²) in [7, 11) is 0. The summed E-state index contributed by atoms with van der Waals surface area (Å²) in [6, 6.07) is 0. The van der Waals surface area contributed by atoms with E-state index >= 15 is 0 Å². The fourth-order valence-electron chi connectivity index (χ4n) is 0.696. The molecule has 3 N–H and O–H groups in total. The molecule has 0 rings (SSSR count). The van der Waals surface area contributed by atoms with Crippen LogP contribution in [0.3, 0.4) is 0 Å². The number of carbonyl (C=O) groups is 1. The van der Waals surface area contributed by atoms with Gasteiger partial charge in [0.1, 0.15) is 0 Å². The molecule has 5 nitrogen and oxygen atoms in total. The molecule has 0 bridgehead atoms. The van der Waals surface area contributed by atoms with Crippen molar-refractivity contribution in [2.45, 2.75) is 6.42 Å². The Bertz CT molecular complexity index is 124. The molecule has 0 aliphatic heterocycles. The van der Waals surface area contributed by atoms with E-state index in [9.17, 15) is 9.90 Å². The molecule has 6 heteroatoms. The van der Waals surface area contributed by atoms with Crippen LogP contribution in [-0.4, -0.2) is 43.9 Å². The van der Waals surface area contributed by atoms with Crippen molar-refractivity contribution in [1.82, 2.24) is 10.6 Å². The van der Waals surface area contributed by atoms with E-state index in [1.807, 2.05) is 0 Å². The van der Waals surface area contributed by atoms with E-state index in [1.165, 1.54) is 0 Å². The SMILES string of the molecule is O=C([O-])CCNCCNCCO.[Na+]. The van der Waals surface area contributed by atoms with E-state index < -0.39 is 5.97 Å². The van der Waals surface area contributed by atoms with Gasteiger partial charge < -0.3 is 25.6 Å². The zero-order valence-electron chi connectivity index (χ0n) is 8.01. The molecular weight excluding hydrogens is 183 g/mol. The van der Waals surface area contributed by atoms with E-state index in [-0.39, 0.29) is 42.6 Å². The Morgan fingerprint density at radius 2 is 1.69 bits per heavy atom. The van der Waals surface area contributed by atoms with Crippen LogP contribution >= 0.6 is 0 Å². The number of aliphatic carboxylic acids is 1. The first kappa shape index (κ1) is 15.8. The van der Waals surface area contributed by atoms with Gasteiger partial charge in [-0.25, -0.2) is 0 Å². The molecule has 0 aliphatic rings. The van der Waals surface area contributed by atoms with Crippen molar-refractivity contribution in [1.29, 1.82) is 0 Å². The van der Waals surface area contributed by atoms with Gasteiger partial charge in [0.15, 0.2) is 0 Å². The van der Waals surface area contributed by atoms with Gasteiger partial charge in [-0.15, -0.1) is 0 Å². The van der Waals surface area contributed by atoms with Gasteiger partial charge in [-0.3, -0.25) is 0 Å². The first-order valence-corrected chi connectivity index (χ1v) is 3.99. The third-order valence-corrected chi connectivity index (χ3v) is 1.27. The Labute approximate surface area is 100 Å². The van der Waals surface area contributed by atoms with Crippen LogP contribution in [-0.2, 0) is 4.79 Å². The summed E-state index contributed by atoms with van der Waals surface area (Å²) in [5, 5.41) is 24.2. The molecule has 0 aromatic heterocycles. The fourth-order valence-corrected chi connectivity index (χ4v) is 0.696. The van der Waals surface area contributed by atoms with Crippen LogP contribution in [0.15, 0.2) is 0 Å². The summed E-state index contributed by atoms with van der Waals surface area (Å²) >= 11 is 0. The number of carbonyl (C=O) groups excluding carboxylic acids is 1. The molecule has 0 spiro atoms. The minimum absolute atomic E-state index is 0. The predicted octanol–water partition coefficient (Wildman–Crippen LogP) is -5.70. The van der Waals surface area contributed by atoms with Crippen LogP contribution < -0.4 is 45.3 Å². The quantitative estimate of drug-likeness (QED) is 0.267. The van der Waals surface area contributed by atoms with Gasteiger partial charge >= 0.3 is 29.6 Å². The number of hydrogen-bond acceptors (Lipinski definition) is 5. The van der Waals surface area contributed by atoms with Crippen molar-refractivity contribution in [2.24, 2.45) is 0 Å². The molecule has 0 aliphatic carbocycles. The maximum atomic E-state index is 9.93. The molecule has 0 saturated heterocycles. The Kier molecular flexibility index (Phi) is 15.0. The van der Waals surface area contributed by atoms with Gasteiger partial charge in [0, 0.05) is 32.1 Å². The maximum Gasteiger partial charge on any atom is 1.00 e. The van der Waals surface area contributed by atoms with Crippen LogP contribution in [0.25, 0.3) is 0 Å². The average molecular weight is 198 g/mol. The number of carboxylic acids is 1. The summed E-state index contributed by atoms with van der Waals surface area (Å²) in [5.41, 5.74) is 0. The zero-order chi connectivity index (χ0) is 9.23. The van der Waals surface area contributed by atoms with E-state index in [0.29, 0.717) is 19.6 Å². The first-order chi connectivity index (χ1) is 5.77. The molecular formula is C7H15N2NaO3. The monoisotopic (exact) mass is 198 g/mol. The largest absolute Gasteiger partial charge is 1.00 e. The van der Waals surface area contributed by atoms with Crippen molar-refractivity contribution in [3.8, 4) is 0 Å². The molecule has 0 fully saturated rings. The number of nitrogens with one attached hydrogen (secondary N) is 2. The van der Waals surface area contributed by atoms with Gasteiger partial charge in [-0.2, -0.15) is 0 Å². The standard InChI is InChI=1S/C7H16N2O3.Na/c10-6-5-9-4-3-8-2-1-7(11)12;/h8-10H,1-6H2,(H,11,12);/q;+1/p-1. The van der Waals surface area contributed by atoms with Crippen molar-refractivity contribution < 1.29 is 44.6 Å². The van der Waals surface area contributed by atoms with Crippen molar-refractivity contribution in [2.75, 3.05) is 32.8 Å². The molecule has 0 aromatic rings. The van der Waals surface area contributed by atoms with Crippen LogP contribution in [0.1, 0.15) is 6.42 Å².